The maximum Gasteiger partial charge on any atom is 0.326 e. The number of H-pyrrole nitrogens is 1. The largest absolute Gasteiger partial charge is 0.326 e. The Morgan fingerprint density at radius 2 is 2.29 bits per heavy atom. The summed E-state index contributed by atoms with van der Waals surface area (Å²) in [6, 6.07) is 4.54. The van der Waals surface area contributed by atoms with Crippen LogP contribution in [0.15, 0.2) is 23.0 Å². The van der Waals surface area contributed by atoms with E-state index in [9.17, 15) is 9.18 Å². The normalized spacial score (nSPS) is 21.4. The van der Waals surface area contributed by atoms with Crippen molar-refractivity contribution < 1.29 is 4.39 Å². The molecule has 2 heterocycles. The lowest BCUT2D eigenvalue weighted by Gasteiger charge is -2.12. The molecule has 0 aliphatic carbocycles. The fourth-order valence-electron chi connectivity index (χ4n) is 2.58. The molecule has 1 aliphatic heterocycles. The highest BCUT2D eigenvalue weighted by Gasteiger charge is 2.24. The number of fused-ring (bicyclic) bond motifs is 1. The van der Waals surface area contributed by atoms with Gasteiger partial charge in [-0.15, -0.1) is 0 Å². The van der Waals surface area contributed by atoms with Gasteiger partial charge in [-0.25, -0.2) is 9.18 Å². The molecule has 1 saturated heterocycles. The van der Waals surface area contributed by atoms with E-state index in [0.29, 0.717) is 11.0 Å². The lowest BCUT2D eigenvalue weighted by atomic mass is 10.2. The zero-order valence-electron chi connectivity index (χ0n) is 9.61. The van der Waals surface area contributed by atoms with Crippen LogP contribution in [0, 0.1) is 5.82 Å². The van der Waals surface area contributed by atoms with E-state index in [4.69, 9.17) is 0 Å². The first kappa shape index (κ1) is 10.5. The van der Waals surface area contributed by atoms with Crippen molar-refractivity contribution in [3.63, 3.8) is 0 Å². The van der Waals surface area contributed by atoms with Crippen LogP contribution in [-0.4, -0.2) is 34.6 Å². The summed E-state index contributed by atoms with van der Waals surface area (Å²) in [5, 5.41) is 0. The number of nitrogens with zero attached hydrogens (tertiary/aromatic N) is 2. The molecule has 17 heavy (non-hydrogen) atoms. The van der Waals surface area contributed by atoms with Crippen LogP contribution in [0.1, 0.15) is 12.5 Å². The lowest BCUT2D eigenvalue weighted by molar-refractivity contribution is 0.392. The number of hydrogen-bond acceptors (Lipinski definition) is 2. The third-order valence-electron chi connectivity index (χ3n) is 3.41. The van der Waals surface area contributed by atoms with Gasteiger partial charge >= 0.3 is 5.69 Å². The third kappa shape index (κ3) is 1.67. The smallest absolute Gasteiger partial charge is 0.306 e. The van der Waals surface area contributed by atoms with Crippen molar-refractivity contribution >= 4 is 11.0 Å². The van der Waals surface area contributed by atoms with Gasteiger partial charge in [-0.1, -0.05) is 0 Å². The van der Waals surface area contributed by atoms with Crippen LogP contribution in [0.5, 0.6) is 0 Å². The molecular weight excluding hydrogens is 221 g/mol. The van der Waals surface area contributed by atoms with Gasteiger partial charge in [0.15, 0.2) is 0 Å². The number of halogens is 1. The van der Waals surface area contributed by atoms with Crippen molar-refractivity contribution in [1.29, 1.82) is 0 Å². The lowest BCUT2D eigenvalue weighted by Crippen LogP contribution is -2.24. The molecule has 1 atom stereocenters. The van der Waals surface area contributed by atoms with E-state index >= 15 is 0 Å². The van der Waals surface area contributed by atoms with E-state index in [2.05, 4.69) is 9.88 Å². The average Bonchev–Trinajstić information content (AvgIpc) is 2.81. The van der Waals surface area contributed by atoms with Crippen LogP contribution >= 0.6 is 0 Å². The van der Waals surface area contributed by atoms with Gasteiger partial charge in [-0.05, 0) is 38.2 Å². The minimum atomic E-state index is -0.309. The molecular formula is C12H14FN3O. The second-order valence-electron chi connectivity index (χ2n) is 4.67. The molecule has 1 unspecified atom stereocenters. The van der Waals surface area contributed by atoms with Crippen LogP contribution < -0.4 is 5.69 Å². The molecule has 1 N–H and O–H groups in total. The monoisotopic (exact) mass is 235 g/mol. The Kier molecular flexibility index (Phi) is 2.29. The Balaban J connectivity index is 2.17. The highest BCUT2D eigenvalue weighted by molar-refractivity contribution is 5.75. The van der Waals surface area contributed by atoms with E-state index in [0.717, 1.165) is 19.5 Å². The molecule has 1 aromatic carbocycles. The van der Waals surface area contributed by atoms with Gasteiger partial charge in [0.1, 0.15) is 5.82 Å². The molecule has 2 aromatic rings. The summed E-state index contributed by atoms with van der Waals surface area (Å²) in [7, 11) is 2.03. The summed E-state index contributed by atoms with van der Waals surface area (Å²) >= 11 is 0. The van der Waals surface area contributed by atoms with E-state index in [-0.39, 0.29) is 17.5 Å². The fourth-order valence-corrected chi connectivity index (χ4v) is 2.58. The summed E-state index contributed by atoms with van der Waals surface area (Å²) in [6.07, 6.45) is 0.930. The summed E-state index contributed by atoms with van der Waals surface area (Å²) < 4.78 is 14.9. The van der Waals surface area contributed by atoms with E-state index in [1.807, 2.05) is 7.05 Å². The SMILES string of the molecule is CN1CCC(n2c(=O)[nH]c3ccc(F)cc32)C1. The molecule has 90 valence electrons. The first-order valence-electron chi connectivity index (χ1n) is 5.73. The molecule has 1 fully saturated rings. The Morgan fingerprint density at radius 1 is 1.47 bits per heavy atom. The maximum atomic E-state index is 13.2. The number of nitrogens with one attached hydrogen (secondary N) is 1. The predicted octanol–water partition coefficient (Wildman–Crippen LogP) is 1.35. The summed E-state index contributed by atoms with van der Waals surface area (Å²) in [6.45, 7) is 1.81. The highest BCUT2D eigenvalue weighted by atomic mass is 19.1. The predicted molar refractivity (Wildman–Crippen MR) is 63.7 cm³/mol. The molecule has 0 saturated carbocycles. The zero-order chi connectivity index (χ0) is 12.0. The van der Waals surface area contributed by atoms with Crippen molar-refractivity contribution in [3.05, 3.63) is 34.5 Å². The number of aromatic nitrogens is 2. The first-order valence-corrected chi connectivity index (χ1v) is 5.73. The molecule has 0 amide bonds. The highest BCUT2D eigenvalue weighted by Crippen LogP contribution is 2.23. The van der Waals surface area contributed by atoms with Gasteiger partial charge in [0, 0.05) is 6.54 Å². The van der Waals surface area contributed by atoms with E-state index < -0.39 is 0 Å². The molecule has 3 rings (SSSR count). The Morgan fingerprint density at radius 3 is 3.00 bits per heavy atom. The quantitative estimate of drug-likeness (QED) is 0.810. The van der Waals surface area contributed by atoms with Crippen molar-refractivity contribution in [2.45, 2.75) is 12.5 Å². The molecule has 5 heteroatoms. The number of hydrogen-bond donors (Lipinski definition) is 1. The van der Waals surface area contributed by atoms with Gasteiger partial charge in [-0.3, -0.25) is 4.57 Å². The maximum absolute atomic E-state index is 13.2. The number of likely N-dealkylation sites (tertiary alicyclic amines) is 1. The molecule has 0 spiro atoms. The number of imidazole rings is 1. The Labute approximate surface area is 97.7 Å². The molecule has 4 nitrogen and oxygen atoms in total. The summed E-state index contributed by atoms with van der Waals surface area (Å²) in [4.78, 5) is 16.9. The van der Waals surface area contributed by atoms with Crippen molar-refractivity contribution in [3.8, 4) is 0 Å². The van der Waals surface area contributed by atoms with Crippen LogP contribution in [0.4, 0.5) is 4.39 Å². The van der Waals surface area contributed by atoms with Gasteiger partial charge in [0.25, 0.3) is 0 Å². The van der Waals surface area contributed by atoms with Crippen LogP contribution in [0.2, 0.25) is 0 Å². The van der Waals surface area contributed by atoms with Crippen LogP contribution in [-0.2, 0) is 0 Å². The number of likely N-dealkylation sites (N-methyl/N-ethyl adjacent to an activating group) is 1. The van der Waals surface area contributed by atoms with Gasteiger partial charge < -0.3 is 9.88 Å². The summed E-state index contributed by atoms with van der Waals surface area (Å²) in [5.41, 5.74) is 1.21. The van der Waals surface area contributed by atoms with Gasteiger partial charge in [0.05, 0.1) is 17.1 Å². The van der Waals surface area contributed by atoms with Crippen molar-refractivity contribution in [2.75, 3.05) is 20.1 Å². The number of benzene rings is 1. The topological polar surface area (TPSA) is 41.0 Å². The zero-order valence-corrected chi connectivity index (χ0v) is 9.61. The molecule has 1 aromatic heterocycles. The number of rotatable bonds is 1. The van der Waals surface area contributed by atoms with Crippen LogP contribution in [0.25, 0.3) is 11.0 Å². The minimum Gasteiger partial charge on any atom is -0.306 e. The van der Waals surface area contributed by atoms with Gasteiger partial charge in [0.2, 0.25) is 0 Å². The average molecular weight is 235 g/mol. The fraction of sp³-hybridized carbons (Fsp3) is 0.417. The Bertz CT molecular complexity index is 616. The Hall–Kier alpha value is -1.62. The van der Waals surface area contributed by atoms with Crippen LogP contribution in [0.3, 0.4) is 0 Å². The van der Waals surface area contributed by atoms with Crippen molar-refractivity contribution in [1.82, 2.24) is 14.5 Å². The third-order valence-corrected chi connectivity index (χ3v) is 3.41. The molecule has 1 aliphatic rings. The second-order valence-corrected chi connectivity index (χ2v) is 4.67. The summed E-state index contributed by atoms with van der Waals surface area (Å²) in [5.74, 6) is -0.309. The van der Waals surface area contributed by atoms with E-state index in [1.54, 1.807) is 10.6 Å². The number of aromatic amines is 1. The van der Waals surface area contributed by atoms with E-state index in [1.165, 1.54) is 12.1 Å². The second kappa shape index (κ2) is 3.70. The first-order chi connectivity index (χ1) is 8.15. The molecule has 0 bridgehead atoms. The standard InChI is InChI=1S/C12H14FN3O/c1-15-5-4-9(7-15)16-11-6-8(13)2-3-10(11)14-12(16)17/h2-3,6,9H,4-5,7H2,1H3,(H,14,17). The van der Waals surface area contributed by atoms with Crippen molar-refractivity contribution in [2.24, 2.45) is 0 Å². The van der Waals surface area contributed by atoms with Gasteiger partial charge in [-0.2, -0.15) is 0 Å². The minimum absolute atomic E-state index is 0.142. The molecule has 0 radical (unpaired) electrons.